The maximum Gasteiger partial charge on any atom is 0.409 e. The van der Waals surface area contributed by atoms with Crippen molar-refractivity contribution in [2.75, 3.05) is 45.9 Å². The molecule has 6 nitrogen and oxygen atoms in total. The molecule has 0 bridgehead atoms. The van der Waals surface area contributed by atoms with E-state index in [4.69, 9.17) is 9.47 Å². The van der Waals surface area contributed by atoms with Gasteiger partial charge in [-0.15, -0.1) is 0 Å². The Morgan fingerprint density at radius 1 is 1.21 bits per heavy atom. The van der Waals surface area contributed by atoms with Crippen molar-refractivity contribution in [2.45, 2.75) is 26.6 Å². The molecule has 24 heavy (non-hydrogen) atoms. The minimum Gasteiger partial charge on any atom is -0.450 e. The van der Waals surface area contributed by atoms with E-state index < -0.39 is 6.10 Å². The van der Waals surface area contributed by atoms with Gasteiger partial charge >= 0.3 is 6.09 Å². The number of aliphatic hydroxyl groups is 1. The Morgan fingerprint density at radius 2 is 1.88 bits per heavy atom. The highest BCUT2D eigenvalue weighted by Gasteiger charge is 2.23. The number of aliphatic hydroxyl groups excluding tert-OH is 1. The van der Waals surface area contributed by atoms with Crippen LogP contribution < -0.4 is 0 Å². The highest BCUT2D eigenvalue weighted by Crippen LogP contribution is 2.07. The van der Waals surface area contributed by atoms with Gasteiger partial charge in [0.2, 0.25) is 0 Å². The van der Waals surface area contributed by atoms with E-state index in [1.165, 1.54) is 5.56 Å². The predicted octanol–water partition coefficient (Wildman–Crippen LogP) is 1.65. The van der Waals surface area contributed by atoms with Crippen LogP contribution >= 0.6 is 0 Å². The summed E-state index contributed by atoms with van der Waals surface area (Å²) in [6.07, 6.45) is -0.774. The summed E-state index contributed by atoms with van der Waals surface area (Å²) in [5.74, 6) is 0. The summed E-state index contributed by atoms with van der Waals surface area (Å²) < 4.78 is 10.6. The Balaban J connectivity index is 1.62. The number of rotatable bonds is 7. The molecule has 0 unspecified atom stereocenters. The third-order valence-corrected chi connectivity index (χ3v) is 4.07. The molecule has 0 aliphatic carbocycles. The highest BCUT2D eigenvalue weighted by molar-refractivity contribution is 5.67. The lowest BCUT2D eigenvalue weighted by Gasteiger charge is -2.34. The number of hydrogen-bond donors (Lipinski definition) is 1. The number of carbonyl (C=O) groups is 1. The first kappa shape index (κ1) is 18.7. The van der Waals surface area contributed by atoms with Crippen LogP contribution in [-0.4, -0.2) is 73.0 Å². The Kier molecular flexibility index (Phi) is 7.49. The Morgan fingerprint density at radius 3 is 2.50 bits per heavy atom. The summed E-state index contributed by atoms with van der Waals surface area (Å²) in [4.78, 5) is 15.5. The lowest BCUT2D eigenvalue weighted by molar-refractivity contribution is 0.00119. The van der Waals surface area contributed by atoms with Crippen LogP contribution in [0.2, 0.25) is 0 Å². The molecule has 1 aromatic rings. The van der Waals surface area contributed by atoms with Crippen LogP contribution in [0, 0.1) is 6.92 Å². The van der Waals surface area contributed by atoms with Crippen LogP contribution in [0.3, 0.4) is 0 Å². The molecule has 1 heterocycles. The van der Waals surface area contributed by atoms with E-state index in [0.717, 1.165) is 18.7 Å². The fourth-order valence-electron chi connectivity index (χ4n) is 2.68. The van der Waals surface area contributed by atoms with Gasteiger partial charge in [0.05, 0.1) is 25.9 Å². The monoisotopic (exact) mass is 336 g/mol. The number of aryl methyl sites for hydroxylation is 1. The smallest absolute Gasteiger partial charge is 0.409 e. The van der Waals surface area contributed by atoms with Crippen molar-refractivity contribution < 1.29 is 19.4 Å². The van der Waals surface area contributed by atoms with Gasteiger partial charge in [0.15, 0.2) is 0 Å². The molecule has 0 aromatic heterocycles. The van der Waals surface area contributed by atoms with Gasteiger partial charge in [-0.05, 0) is 19.4 Å². The number of β-amino-alcohol motifs (C(OH)–C–C–N with tert-alkyl or cyclic N) is 1. The molecule has 1 saturated heterocycles. The zero-order chi connectivity index (χ0) is 17.4. The second-order valence-corrected chi connectivity index (χ2v) is 6.14. The number of ether oxygens (including phenoxy) is 2. The first-order valence-corrected chi connectivity index (χ1v) is 8.54. The SMILES string of the molecule is CCOC(=O)N1CCN(C[C@H](O)COCc2ccc(C)cc2)CC1. The maximum absolute atomic E-state index is 11.6. The molecule has 1 aromatic carbocycles. The summed E-state index contributed by atoms with van der Waals surface area (Å²) in [6, 6.07) is 8.18. The van der Waals surface area contributed by atoms with Crippen molar-refractivity contribution in [3.63, 3.8) is 0 Å². The highest BCUT2D eigenvalue weighted by atomic mass is 16.6. The first-order chi connectivity index (χ1) is 11.6. The number of hydrogen-bond acceptors (Lipinski definition) is 5. The molecule has 1 N–H and O–H groups in total. The summed E-state index contributed by atoms with van der Waals surface area (Å²) in [5.41, 5.74) is 2.33. The quantitative estimate of drug-likeness (QED) is 0.820. The zero-order valence-electron chi connectivity index (χ0n) is 14.6. The molecule has 1 atom stereocenters. The van der Waals surface area contributed by atoms with Gasteiger partial charge in [-0.2, -0.15) is 0 Å². The van der Waals surface area contributed by atoms with Gasteiger partial charge in [-0.25, -0.2) is 4.79 Å². The molecular weight excluding hydrogens is 308 g/mol. The third-order valence-electron chi connectivity index (χ3n) is 4.07. The molecule has 2 rings (SSSR count). The molecule has 1 aliphatic rings. The summed E-state index contributed by atoms with van der Waals surface area (Å²) in [5, 5.41) is 10.1. The van der Waals surface area contributed by atoms with Gasteiger partial charge in [-0.1, -0.05) is 29.8 Å². The largest absolute Gasteiger partial charge is 0.450 e. The average molecular weight is 336 g/mol. The van der Waals surface area contributed by atoms with Crippen molar-refractivity contribution in [3.8, 4) is 0 Å². The second-order valence-electron chi connectivity index (χ2n) is 6.14. The number of benzene rings is 1. The first-order valence-electron chi connectivity index (χ1n) is 8.54. The van der Waals surface area contributed by atoms with Gasteiger partial charge in [0, 0.05) is 32.7 Å². The van der Waals surface area contributed by atoms with E-state index in [9.17, 15) is 9.90 Å². The van der Waals surface area contributed by atoms with Crippen LogP contribution in [0.25, 0.3) is 0 Å². The fraction of sp³-hybridized carbons (Fsp3) is 0.611. The molecule has 0 radical (unpaired) electrons. The van der Waals surface area contributed by atoms with E-state index in [1.54, 1.807) is 11.8 Å². The number of carbonyl (C=O) groups excluding carboxylic acids is 1. The predicted molar refractivity (Wildman–Crippen MR) is 91.9 cm³/mol. The van der Waals surface area contributed by atoms with E-state index >= 15 is 0 Å². The molecule has 0 spiro atoms. The molecule has 1 fully saturated rings. The lowest BCUT2D eigenvalue weighted by atomic mass is 10.2. The Hall–Kier alpha value is -1.63. The summed E-state index contributed by atoms with van der Waals surface area (Å²) >= 11 is 0. The molecule has 134 valence electrons. The van der Waals surface area contributed by atoms with Crippen molar-refractivity contribution in [1.29, 1.82) is 0 Å². The maximum atomic E-state index is 11.6. The molecule has 6 heteroatoms. The van der Waals surface area contributed by atoms with Crippen molar-refractivity contribution in [3.05, 3.63) is 35.4 Å². The number of amides is 1. The molecular formula is C18H28N2O4. The molecule has 1 aliphatic heterocycles. The van der Waals surface area contributed by atoms with Crippen LogP contribution in [0.4, 0.5) is 4.79 Å². The van der Waals surface area contributed by atoms with Crippen LogP contribution in [0.15, 0.2) is 24.3 Å². The topological polar surface area (TPSA) is 62.2 Å². The van der Waals surface area contributed by atoms with E-state index in [2.05, 4.69) is 24.0 Å². The summed E-state index contributed by atoms with van der Waals surface area (Å²) in [6.45, 7) is 8.39. The van der Waals surface area contributed by atoms with E-state index in [1.807, 2.05) is 12.1 Å². The normalized spacial score (nSPS) is 16.9. The molecule has 0 saturated carbocycles. The standard InChI is InChI=1S/C18H28N2O4/c1-3-24-18(22)20-10-8-19(9-11-20)12-17(21)14-23-13-16-6-4-15(2)5-7-16/h4-7,17,21H,3,8-14H2,1-2H3/t17-/m0/s1. The second kappa shape index (κ2) is 9.61. The van der Waals surface area contributed by atoms with Gasteiger partial charge < -0.3 is 19.5 Å². The zero-order valence-corrected chi connectivity index (χ0v) is 14.6. The van der Waals surface area contributed by atoms with Crippen molar-refractivity contribution >= 4 is 6.09 Å². The molecule has 1 amide bonds. The van der Waals surface area contributed by atoms with Crippen LogP contribution in [0.5, 0.6) is 0 Å². The van der Waals surface area contributed by atoms with Crippen LogP contribution in [0.1, 0.15) is 18.1 Å². The Bertz CT molecular complexity index is 498. The minimum atomic E-state index is -0.524. The van der Waals surface area contributed by atoms with Gasteiger partial charge in [0.1, 0.15) is 0 Å². The summed E-state index contributed by atoms with van der Waals surface area (Å²) in [7, 11) is 0. The number of nitrogens with zero attached hydrogens (tertiary/aromatic N) is 2. The van der Waals surface area contributed by atoms with Crippen LogP contribution in [-0.2, 0) is 16.1 Å². The van der Waals surface area contributed by atoms with E-state index in [0.29, 0.717) is 39.5 Å². The minimum absolute atomic E-state index is 0.251. The number of piperazine rings is 1. The van der Waals surface area contributed by atoms with E-state index in [-0.39, 0.29) is 6.09 Å². The third kappa shape index (κ3) is 6.11. The Labute approximate surface area is 144 Å². The van der Waals surface area contributed by atoms with Crippen molar-refractivity contribution in [1.82, 2.24) is 9.80 Å². The van der Waals surface area contributed by atoms with Gasteiger partial charge in [0.25, 0.3) is 0 Å². The lowest BCUT2D eigenvalue weighted by Crippen LogP contribution is -2.50. The van der Waals surface area contributed by atoms with Crippen molar-refractivity contribution in [2.24, 2.45) is 0 Å². The van der Waals surface area contributed by atoms with Gasteiger partial charge in [-0.3, -0.25) is 4.90 Å². The average Bonchev–Trinajstić information content (AvgIpc) is 2.57. The fourth-order valence-corrected chi connectivity index (χ4v) is 2.68.